The van der Waals surface area contributed by atoms with Crippen molar-refractivity contribution in [2.75, 3.05) is 0 Å². The standard InChI is InChI=1S/C13H10N2O4.C13H11NO6.2C13H9NO5.C8H4O3.C5H9NO4.CH4N2O.CH4/c16-10-6-5-9(11(17)14-10)15-12(18)7-3-1-2-4-8(7)13(15)19;15-10(16)6-5-9(13(19)20)14-11(17)7-3-1-2-4-8(7)12(14)18;2*15-10-6-5-9(13(18)19-10)14-11(16)7-3-1-2-4-8(7)12(14)17;9-7-5-3-1-2-4-6(5)8(10)11-7;6-3(5(9)10)1-2-4(7)8;2-1(3)4;/h1-4,9H,5-6H2,(H,14,16,17);1-4,9H,5-6H2,(H,15,16)(H,19,20);2*1-4,9H,5-6H2;1-4H;3H,1-2,6H2,(H,7,8)(H,9,10);(H4,2,3,4);1H4/i5D2,6D2,14+1;5D2,6D2;5D2,6D2,14+1;5D2,6D2;;1D2,2D2,3D;2+1,3+1;1D. The fraction of sp³-hybridized carbons (Fsp3) is 0.239. The number of nitrogens with zero attached hydrogens (tertiary/aromatic N) is 4. The molecule has 0 bridgehead atoms. The normalized spacial score (nSPS) is 25.3. The van der Waals surface area contributed by atoms with Crippen LogP contribution in [0.1, 0.15) is 205 Å². The van der Waals surface area contributed by atoms with Gasteiger partial charge in [-0.15, -0.1) is 0 Å². The Labute approximate surface area is 610 Å². The summed E-state index contributed by atoms with van der Waals surface area (Å²) in [5.74, 6) is -26.6. The van der Waals surface area contributed by atoms with Gasteiger partial charge in [0.15, 0.2) is 0 Å². The monoisotopic (exact) mass is 1450 g/mol. The summed E-state index contributed by atoms with van der Waals surface area (Å²) in [6.45, 7) is 0. The number of amides is 12. The van der Waals surface area contributed by atoms with E-state index in [0.29, 0.717) is 25.8 Å². The minimum absolute atomic E-state index is 0.00133. The number of imide groups is 5. The number of cyclic esters (lactones) is 6. The molecule has 8 aliphatic heterocycles. The lowest BCUT2D eigenvalue weighted by atomic mass is 10.1. The summed E-state index contributed by atoms with van der Waals surface area (Å²) in [7, 11) is 1.25. The zero-order valence-electron chi connectivity index (χ0n) is 73.5. The van der Waals surface area contributed by atoms with Gasteiger partial charge in [0.1, 0.15) is 30.2 Å². The summed E-state index contributed by atoms with van der Waals surface area (Å²) in [6, 6.07) is 15.5. The first-order chi connectivity index (χ1) is 57.2. The largest absolute Gasteiger partial charge is 0.481 e. The maximum Gasteiger partial charge on any atom is 0.346 e. The van der Waals surface area contributed by atoms with Crippen LogP contribution in [0.25, 0.3) is 0 Å². The van der Waals surface area contributed by atoms with Crippen molar-refractivity contribution in [1.29, 1.82) is 0 Å². The number of fused-ring (bicyclic) bond motifs is 5. The van der Waals surface area contributed by atoms with Crippen molar-refractivity contribution in [2.24, 2.45) is 17.2 Å². The number of hydrogen-bond donors (Lipinski definition) is 8. The molecule has 5 aromatic carbocycles. The molecule has 0 radical (unpaired) electrons. The van der Waals surface area contributed by atoms with E-state index in [2.05, 4.69) is 25.7 Å². The van der Waals surface area contributed by atoms with Gasteiger partial charge in [-0.25, -0.2) is 28.8 Å². The molecule has 11 N–H and O–H groups in total. The summed E-state index contributed by atoms with van der Waals surface area (Å²) in [5.41, 5.74) is 13.5. The number of ether oxygens (including phenoxy) is 3. The molecule has 0 aromatic heterocycles. The highest BCUT2D eigenvalue weighted by molar-refractivity contribution is 6.26. The third-order valence-corrected chi connectivity index (χ3v) is 13.2. The molecule has 12 amide bonds. The molecule has 0 spiro atoms. The van der Waals surface area contributed by atoms with Gasteiger partial charge in [0.05, 0.1) is 57.0 Å². The van der Waals surface area contributed by atoms with Gasteiger partial charge in [-0.2, -0.15) is 0 Å². The number of esters is 6. The number of carboxylic acid groups (broad SMARTS) is 4. The number of aliphatic carboxylic acids is 4. The number of nitrogens with one attached hydrogen (secondary N) is 1. The van der Waals surface area contributed by atoms with E-state index in [4.69, 9.17) is 56.0 Å². The SMILES string of the molecule is O=C1OC(=O)c2ccccc21.[15NH2]C([15NH2])=O.[2H]C.[2H]C([2H])(C(=O)O)C([2H])([2H])C(C(=O)O)N1C(=O)c2ccccc2C1=O.[2H]C([2H])(C(=O)O)C([2H])([2H])C([2H])(N)C(=O)O.[2H]C1([2H])C(=O)OC(=O)C(N2C(=O)c3ccccc3C2=O)C1([2H])[2H].[2H]C1([2H])C(=O)OC(=O)C([15N]2C(=O)c3ccccc3C2=O)C1([2H])[2H].[2H]C1([2H])C(=O)[15NH]C(=O)C(N2C(=O)c3ccccc3C2=O)C1([2H])[2H]. The molecule has 5 unspecified atom stereocenters. The molecule has 13 rings (SSSR count). The van der Waals surface area contributed by atoms with Gasteiger partial charge in [0, 0.05) is 60.7 Å². The van der Waals surface area contributed by atoms with Crippen LogP contribution in [-0.4, -0.2) is 195 Å². The number of hydrogen-bond acceptors (Lipinski definition) is 25. The van der Waals surface area contributed by atoms with Crippen LogP contribution in [0.2, 0.25) is 0 Å². The number of carboxylic acids is 4. The van der Waals surface area contributed by atoms with Gasteiger partial charge in [0.2, 0.25) is 11.8 Å². The van der Waals surface area contributed by atoms with Crippen LogP contribution in [-0.2, 0) is 62.2 Å². The van der Waals surface area contributed by atoms with Gasteiger partial charge < -0.3 is 51.8 Å². The first-order valence-electron chi connectivity index (χ1n) is 39.0. The van der Waals surface area contributed by atoms with E-state index in [0.717, 1.165) is 0 Å². The highest BCUT2D eigenvalue weighted by Crippen LogP contribution is 2.32. The number of carbonyl (C=O) groups is 21. The number of urea groups is 1. The minimum Gasteiger partial charge on any atom is -0.481 e. The summed E-state index contributed by atoms with van der Waals surface area (Å²) in [6.07, 6.45) is -33.2. The molecule has 0 saturated carbocycles. The van der Waals surface area contributed by atoms with Gasteiger partial charge in [-0.3, -0.25) is 96.8 Å². The molecule has 103 heavy (non-hydrogen) atoms. The van der Waals surface area contributed by atoms with E-state index in [-0.39, 0.29) is 49.4 Å². The van der Waals surface area contributed by atoms with Crippen LogP contribution < -0.4 is 22.5 Å². The van der Waals surface area contributed by atoms with Crippen molar-refractivity contribution in [1.82, 2.24) is 24.9 Å². The lowest BCUT2D eigenvalue weighted by Gasteiger charge is -2.27. The molecule has 8 heterocycles. The van der Waals surface area contributed by atoms with E-state index in [9.17, 15) is 101 Å². The average molecular weight is 1450 g/mol. The maximum atomic E-state index is 12.4. The number of rotatable bonds is 12. The Morgan fingerprint density at radius 1 is 0.456 bits per heavy atom. The molecule has 3 saturated heterocycles. The van der Waals surface area contributed by atoms with Crippen molar-refractivity contribution < 1.29 is 165 Å². The second kappa shape index (κ2) is 34.2. The smallest absolute Gasteiger partial charge is 0.346 e. The first-order valence-corrected chi connectivity index (χ1v) is 27.5. The van der Waals surface area contributed by atoms with E-state index >= 15 is 0 Å². The van der Waals surface area contributed by atoms with E-state index in [1.54, 1.807) is 29.6 Å². The molecule has 5 atom stereocenters. The Hall–Kier alpha value is -13.7. The molecular formula is C67H60N8O28. The Balaban J connectivity index is 0.000000232. The van der Waals surface area contributed by atoms with Crippen LogP contribution in [0.3, 0.4) is 0 Å². The van der Waals surface area contributed by atoms with Crippen molar-refractivity contribution >= 4 is 125 Å². The number of carbonyl (C=O) groups excluding carboxylic acids is 17. The zero-order chi connectivity index (χ0) is 96.0. The lowest BCUT2D eigenvalue weighted by Crippen LogP contribution is -2.54. The highest BCUT2D eigenvalue weighted by atomic mass is 16.6. The molecule has 36 heteroatoms. The predicted octanol–water partition coefficient (Wildman–Crippen LogP) is 1.64. The third-order valence-electron chi connectivity index (χ3n) is 13.2. The molecule has 5 aromatic rings. The summed E-state index contributed by atoms with van der Waals surface area (Å²) >= 11 is 0. The fourth-order valence-electron chi connectivity index (χ4n) is 8.99. The fourth-order valence-corrected chi connectivity index (χ4v) is 8.99. The Morgan fingerprint density at radius 3 is 1.04 bits per heavy atom. The first kappa shape index (κ1) is 51.5. The summed E-state index contributed by atoms with van der Waals surface area (Å²) in [5, 5.41) is 36.6. The Bertz CT molecular complexity index is 4980. The van der Waals surface area contributed by atoms with Crippen molar-refractivity contribution in [3.63, 3.8) is 0 Å². The van der Waals surface area contributed by atoms with Crippen LogP contribution >= 0.6 is 0 Å². The highest BCUT2D eigenvalue weighted by Gasteiger charge is 2.49. The molecule has 0 aliphatic carbocycles. The maximum absolute atomic E-state index is 12.4. The van der Waals surface area contributed by atoms with Crippen LogP contribution in [0.4, 0.5) is 4.79 Å². The van der Waals surface area contributed by atoms with Crippen molar-refractivity contribution in [2.45, 2.75) is 101 Å². The van der Waals surface area contributed by atoms with E-state index in [1.807, 2.05) is 0 Å². The number of piperidine rings is 1. The number of primary amides is 2. The van der Waals surface area contributed by atoms with Gasteiger partial charge in [0.25, 0.3) is 47.3 Å². The van der Waals surface area contributed by atoms with Gasteiger partial charge in [-0.1, -0.05) is 68.1 Å². The van der Waals surface area contributed by atoms with Gasteiger partial charge in [-0.05, 0) is 92.5 Å². The second-order valence-corrected chi connectivity index (χ2v) is 19.6. The topological polar surface area (TPSA) is 570 Å². The number of nitrogens with two attached hydrogens (primary N) is 3. The van der Waals surface area contributed by atoms with Crippen molar-refractivity contribution in [3.8, 4) is 0 Å². The van der Waals surface area contributed by atoms with E-state index in [1.165, 1.54) is 104 Å². The minimum atomic E-state index is -3.66. The van der Waals surface area contributed by atoms with E-state index < -0.39 is 219 Å². The predicted molar refractivity (Wildman–Crippen MR) is 340 cm³/mol. The molecule has 36 nitrogen and oxygen atoms in total. The average Bonchev–Trinajstić information content (AvgIpc) is 1.68. The number of benzene rings is 5. The van der Waals surface area contributed by atoms with Gasteiger partial charge >= 0.3 is 65.7 Å². The third kappa shape index (κ3) is 18.2. The zero-order valence-corrected chi connectivity index (χ0v) is 51.5. The Kier molecular flexibility index (Phi) is 17.1. The summed E-state index contributed by atoms with van der Waals surface area (Å²) in [4.78, 5) is 244. The molecule has 3 fully saturated rings. The van der Waals surface area contributed by atoms with Crippen molar-refractivity contribution in [3.05, 3.63) is 177 Å². The second-order valence-electron chi connectivity index (χ2n) is 19.6. The summed E-state index contributed by atoms with van der Waals surface area (Å²) < 4.78 is 176. The van der Waals surface area contributed by atoms with Crippen LogP contribution in [0.5, 0.6) is 0 Å². The lowest BCUT2D eigenvalue weighted by molar-refractivity contribution is -0.168. The van der Waals surface area contributed by atoms with Crippen LogP contribution in [0, 0.1) is 0 Å². The molecule has 8 aliphatic rings. The molecule has 536 valence electrons. The van der Waals surface area contributed by atoms with Crippen LogP contribution in [0.15, 0.2) is 121 Å². The quantitative estimate of drug-likeness (QED) is 0.0289. The molecular weight excluding hydrogens is 1370 g/mol. The Morgan fingerprint density at radius 2 is 0.738 bits per heavy atom.